The number of ketones is 2. The summed E-state index contributed by atoms with van der Waals surface area (Å²) in [7, 11) is 0. The molecule has 0 fully saturated rings. The second-order valence-electron chi connectivity index (χ2n) is 5.04. The van der Waals surface area contributed by atoms with E-state index < -0.39 is 36.0 Å². The smallest absolute Gasteiger partial charge is 0.232 e. The Bertz CT molecular complexity index is 274. The number of rotatable bonds is 11. The Hall–Kier alpha value is -0.820. The number of carbonyl (C=O) groups is 2. The first-order valence-electron chi connectivity index (χ1n) is 7.17. The van der Waals surface area contributed by atoms with E-state index in [4.69, 9.17) is 0 Å². The molecule has 4 atom stereocenters. The summed E-state index contributed by atoms with van der Waals surface area (Å²) in [6, 6.07) is 0. The molecule has 0 saturated heterocycles. The van der Waals surface area contributed by atoms with Gasteiger partial charge in [0.15, 0.2) is 0 Å². The van der Waals surface area contributed by atoms with E-state index in [0.717, 1.165) is 12.8 Å². The van der Waals surface area contributed by atoms with Crippen LogP contribution in [0.3, 0.4) is 0 Å². The molecule has 0 aliphatic carbocycles. The fraction of sp³-hybridized carbons (Fsp3) is 0.857. The number of aliphatic hydroxyl groups is 4. The molecule has 0 aliphatic heterocycles. The maximum Gasteiger partial charge on any atom is 0.232 e. The predicted molar refractivity (Wildman–Crippen MR) is 73.1 cm³/mol. The van der Waals surface area contributed by atoms with E-state index in [9.17, 15) is 30.0 Å². The summed E-state index contributed by atoms with van der Waals surface area (Å²) in [5.74, 6) is -2.51. The highest BCUT2D eigenvalue weighted by Gasteiger charge is 2.35. The number of unbranched alkanes of at least 4 members (excludes halogenated alkanes) is 2. The zero-order chi connectivity index (χ0) is 15.7. The molecular weight excluding hydrogens is 264 g/mol. The molecule has 0 bridgehead atoms. The molecule has 4 N–H and O–H groups in total. The Morgan fingerprint density at radius 3 is 1.30 bits per heavy atom. The average Bonchev–Trinajstić information content (AvgIpc) is 2.46. The van der Waals surface area contributed by atoms with Gasteiger partial charge in [0.25, 0.3) is 0 Å². The van der Waals surface area contributed by atoms with Gasteiger partial charge in [-0.1, -0.05) is 39.5 Å². The number of hydrogen-bond acceptors (Lipinski definition) is 6. The van der Waals surface area contributed by atoms with Gasteiger partial charge in [-0.05, 0) is 12.8 Å². The van der Waals surface area contributed by atoms with Crippen molar-refractivity contribution >= 4 is 11.6 Å². The van der Waals surface area contributed by atoms with Crippen LogP contribution in [0.4, 0.5) is 0 Å². The fourth-order valence-electron chi connectivity index (χ4n) is 1.78. The molecule has 0 spiro atoms. The SMILES string of the molecule is CCCCC(O)[C@H](O)C(=O)C(=O)[C@H](O)C(O)CCCC. The van der Waals surface area contributed by atoms with Gasteiger partial charge in [0.2, 0.25) is 11.6 Å². The second kappa shape index (κ2) is 9.99. The highest BCUT2D eigenvalue weighted by atomic mass is 16.3. The minimum atomic E-state index is -1.85. The number of hydrogen-bond donors (Lipinski definition) is 4. The van der Waals surface area contributed by atoms with Crippen LogP contribution >= 0.6 is 0 Å². The standard InChI is InChI=1S/C14H26O6/c1-3-5-7-9(15)11(17)13(19)14(20)12(18)10(16)8-6-4-2/h9-12,15-18H,3-8H2,1-2H3/t9?,10?,11-,12+. The quantitative estimate of drug-likeness (QED) is 0.397. The van der Waals surface area contributed by atoms with E-state index in [0.29, 0.717) is 12.8 Å². The molecule has 2 unspecified atom stereocenters. The molecule has 0 heterocycles. The molecule has 0 rings (SSSR count). The summed E-state index contributed by atoms with van der Waals surface area (Å²) in [6.07, 6.45) is -3.16. The van der Waals surface area contributed by atoms with E-state index in [1.807, 2.05) is 13.8 Å². The van der Waals surface area contributed by atoms with Crippen molar-refractivity contribution in [3.05, 3.63) is 0 Å². The second-order valence-corrected chi connectivity index (χ2v) is 5.04. The van der Waals surface area contributed by atoms with Crippen LogP contribution in [0, 0.1) is 0 Å². The molecule has 0 aromatic heterocycles. The van der Waals surface area contributed by atoms with E-state index >= 15 is 0 Å². The Balaban J connectivity index is 4.47. The van der Waals surface area contributed by atoms with Crippen molar-refractivity contribution in [2.45, 2.75) is 76.8 Å². The minimum Gasteiger partial charge on any atom is -0.390 e. The molecule has 0 amide bonds. The molecule has 0 saturated carbocycles. The Kier molecular flexibility index (Phi) is 9.58. The molecule has 0 aliphatic rings. The first-order valence-corrected chi connectivity index (χ1v) is 7.17. The molecule has 20 heavy (non-hydrogen) atoms. The van der Waals surface area contributed by atoms with Crippen LogP contribution in [0.2, 0.25) is 0 Å². The third-order valence-electron chi connectivity index (χ3n) is 3.22. The summed E-state index contributed by atoms with van der Waals surface area (Å²) < 4.78 is 0. The maximum absolute atomic E-state index is 11.6. The molecule has 6 nitrogen and oxygen atoms in total. The summed E-state index contributed by atoms with van der Waals surface area (Å²) in [5.41, 5.74) is 0. The largest absolute Gasteiger partial charge is 0.390 e. The van der Waals surface area contributed by atoms with E-state index in [2.05, 4.69) is 0 Å². The third kappa shape index (κ3) is 6.09. The van der Waals surface area contributed by atoms with Crippen LogP contribution in [0.25, 0.3) is 0 Å². The number of Topliss-reactive ketones (excluding diaryl/α,β-unsaturated/α-hetero) is 2. The van der Waals surface area contributed by atoms with Crippen LogP contribution in [-0.4, -0.2) is 56.4 Å². The monoisotopic (exact) mass is 290 g/mol. The fourth-order valence-corrected chi connectivity index (χ4v) is 1.78. The lowest BCUT2D eigenvalue weighted by Crippen LogP contribution is -2.46. The van der Waals surface area contributed by atoms with Crippen molar-refractivity contribution in [2.24, 2.45) is 0 Å². The molecule has 118 valence electrons. The third-order valence-corrected chi connectivity index (χ3v) is 3.22. The van der Waals surface area contributed by atoms with Gasteiger partial charge in [0.1, 0.15) is 12.2 Å². The van der Waals surface area contributed by atoms with Crippen LogP contribution in [0.15, 0.2) is 0 Å². The first kappa shape index (κ1) is 19.2. The zero-order valence-corrected chi connectivity index (χ0v) is 12.2. The Morgan fingerprint density at radius 2 is 1.05 bits per heavy atom. The molecule has 0 aromatic carbocycles. The van der Waals surface area contributed by atoms with Crippen molar-refractivity contribution < 1.29 is 30.0 Å². The summed E-state index contributed by atoms with van der Waals surface area (Å²) in [4.78, 5) is 23.3. The van der Waals surface area contributed by atoms with Gasteiger partial charge in [-0.2, -0.15) is 0 Å². The highest BCUT2D eigenvalue weighted by molar-refractivity contribution is 6.40. The lowest BCUT2D eigenvalue weighted by Gasteiger charge is -2.19. The highest BCUT2D eigenvalue weighted by Crippen LogP contribution is 2.10. The van der Waals surface area contributed by atoms with Gasteiger partial charge in [-0.25, -0.2) is 0 Å². The van der Waals surface area contributed by atoms with Crippen LogP contribution in [0.5, 0.6) is 0 Å². The number of carbonyl (C=O) groups excluding carboxylic acids is 2. The van der Waals surface area contributed by atoms with Crippen molar-refractivity contribution in [1.82, 2.24) is 0 Å². The van der Waals surface area contributed by atoms with Gasteiger partial charge in [0.05, 0.1) is 12.2 Å². The van der Waals surface area contributed by atoms with Crippen LogP contribution < -0.4 is 0 Å². The van der Waals surface area contributed by atoms with Gasteiger partial charge in [-0.15, -0.1) is 0 Å². The normalized spacial score (nSPS) is 17.3. The van der Waals surface area contributed by atoms with Crippen molar-refractivity contribution in [3.8, 4) is 0 Å². The summed E-state index contributed by atoms with van der Waals surface area (Å²) >= 11 is 0. The lowest BCUT2D eigenvalue weighted by molar-refractivity contribution is -0.152. The summed E-state index contributed by atoms with van der Waals surface area (Å²) in [5, 5.41) is 38.3. The van der Waals surface area contributed by atoms with Crippen LogP contribution in [0.1, 0.15) is 52.4 Å². The average molecular weight is 290 g/mol. The predicted octanol–water partition coefficient (Wildman–Crippen LogP) is -0.0514. The topological polar surface area (TPSA) is 115 Å². The van der Waals surface area contributed by atoms with E-state index in [1.54, 1.807) is 0 Å². The minimum absolute atomic E-state index is 0.200. The maximum atomic E-state index is 11.6. The Morgan fingerprint density at radius 1 is 0.750 bits per heavy atom. The van der Waals surface area contributed by atoms with Gasteiger partial charge >= 0.3 is 0 Å². The van der Waals surface area contributed by atoms with Gasteiger partial charge < -0.3 is 20.4 Å². The van der Waals surface area contributed by atoms with Gasteiger partial charge in [0, 0.05) is 0 Å². The zero-order valence-electron chi connectivity index (χ0n) is 12.2. The lowest BCUT2D eigenvalue weighted by atomic mass is 9.95. The van der Waals surface area contributed by atoms with E-state index in [1.165, 1.54) is 0 Å². The summed E-state index contributed by atoms with van der Waals surface area (Å²) in [6.45, 7) is 3.78. The molecule has 0 radical (unpaired) electrons. The molecule has 6 heteroatoms. The van der Waals surface area contributed by atoms with Crippen LogP contribution in [-0.2, 0) is 9.59 Å². The van der Waals surface area contributed by atoms with Crippen molar-refractivity contribution in [2.75, 3.05) is 0 Å². The van der Waals surface area contributed by atoms with Gasteiger partial charge in [-0.3, -0.25) is 9.59 Å². The number of aliphatic hydroxyl groups excluding tert-OH is 4. The molecule has 0 aromatic rings. The Labute approximate surface area is 119 Å². The first-order chi connectivity index (χ1) is 9.36. The van der Waals surface area contributed by atoms with Crippen molar-refractivity contribution in [3.63, 3.8) is 0 Å². The molecular formula is C14H26O6. The van der Waals surface area contributed by atoms with E-state index in [-0.39, 0.29) is 12.8 Å². The van der Waals surface area contributed by atoms with Crippen molar-refractivity contribution in [1.29, 1.82) is 0 Å².